The number of nitrogens with zero attached hydrogens (tertiary/aromatic N) is 3. The maximum Gasteiger partial charge on any atom is 0.152 e. The summed E-state index contributed by atoms with van der Waals surface area (Å²) < 4.78 is 6.71. The molecule has 1 aliphatic carbocycles. The molecule has 0 bridgehead atoms. The third kappa shape index (κ3) is 5.78. The minimum Gasteiger partial charge on any atom is -0.453 e. The van der Waals surface area contributed by atoms with E-state index in [-0.39, 0.29) is 5.54 Å². The van der Waals surface area contributed by atoms with Crippen LogP contribution in [-0.4, -0.2) is 22.5 Å². The first kappa shape index (κ1) is 32.7. The number of hydrogen-bond acceptors (Lipinski definition) is 4. The highest BCUT2D eigenvalue weighted by Gasteiger charge is 2.59. The quantitative estimate of drug-likeness (QED) is 0.121. The second-order valence-electron chi connectivity index (χ2n) is 15.2. The minimum atomic E-state index is 0.103. The molecule has 1 saturated heterocycles. The van der Waals surface area contributed by atoms with Crippen molar-refractivity contribution in [3.63, 3.8) is 0 Å². The van der Waals surface area contributed by atoms with Crippen molar-refractivity contribution in [3.05, 3.63) is 203 Å². The van der Waals surface area contributed by atoms with Crippen molar-refractivity contribution in [2.24, 2.45) is 0 Å². The minimum absolute atomic E-state index is 0.103. The fraction of sp³-hybridized carbons (Fsp3) is 0.0962. The molecule has 0 spiro atoms. The lowest BCUT2D eigenvalue weighted by Gasteiger charge is -2.33. The van der Waals surface area contributed by atoms with Gasteiger partial charge in [0.2, 0.25) is 0 Å². The van der Waals surface area contributed by atoms with E-state index in [0.717, 1.165) is 73.8 Å². The Hall–Kier alpha value is -6.75. The van der Waals surface area contributed by atoms with Crippen LogP contribution in [0.2, 0.25) is 0 Å². The van der Waals surface area contributed by atoms with E-state index in [1.807, 2.05) is 18.3 Å². The zero-order chi connectivity index (χ0) is 37.1. The summed E-state index contributed by atoms with van der Waals surface area (Å²) in [6.45, 7) is 1.14. The molecule has 4 nitrogen and oxygen atoms in total. The second-order valence-corrected chi connectivity index (χ2v) is 15.2. The first-order valence-corrected chi connectivity index (χ1v) is 19.6. The van der Waals surface area contributed by atoms with Gasteiger partial charge in [0.15, 0.2) is 11.5 Å². The predicted molar refractivity (Wildman–Crippen MR) is 231 cm³/mol. The van der Waals surface area contributed by atoms with Gasteiger partial charge in [-0.2, -0.15) is 0 Å². The molecule has 4 heterocycles. The molecule has 0 amide bonds. The first-order chi connectivity index (χ1) is 27.7. The van der Waals surface area contributed by atoms with Gasteiger partial charge in [-0.15, -0.1) is 0 Å². The van der Waals surface area contributed by atoms with E-state index in [9.17, 15) is 0 Å². The highest BCUT2D eigenvalue weighted by Crippen LogP contribution is 2.55. The molecular weight excluding hydrogens is 683 g/mol. The molecule has 7 aromatic rings. The fourth-order valence-corrected chi connectivity index (χ4v) is 8.78. The number of ether oxygens (including phenoxy) is 1. The Morgan fingerprint density at radius 2 is 1.27 bits per heavy atom. The van der Waals surface area contributed by atoms with Gasteiger partial charge in [0.1, 0.15) is 0 Å². The molecule has 0 saturated carbocycles. The Morgan fingerprint density at radius 1 is 0.625 bits per heavy atom. The lowest BCUT2D eigenvalue weighted by atomic mass is 9.93. The summed E-state index contributed by atoms with van der Waals surface area (Å²) in [5, 5.41) is 1.15. The van der Waals surface area contributed by atoms with Crippen molar-refractivity contribution < 1.29 is 4.74 Å². The van der Waals surface area contributed by atoms with Crippen LogP contribution in [0.15, 0.2) is 176 Å². The van der Waals surface area contributed by atoms with Crippen LogP contribution in [0.3, 0.4) is 0 Å². The Kier molecular flexibility index (Phi) is 7.71. The van der Waals surface area contributed by atoms with Crippen LogP contribution in [0.5, 0.6) is 11.5 Å². The van der Waals surface area contributed by atoms with Crippen LogP contribution in [-0.2, 0) is 5.54 Å². The molecule has 3 unspecified atom stereocenters. The third-order valence-electron chi connectivity index (χ3n) is 11.8. The number of benzene rings is 6. The van der Waals surface area contributed by atoms with E-state index in [1.165, 1.54) is 29.5 Å². The Bertz CT molecular complexity index is 2760. The Morgan fingerprint density at radius 3 is 1.98 bits per heavy atom. The van der Waals surface area contributed by atoms with Gasteiger partial charge in [0.25, 0.3) is 0 Å². The van der Waals surface area contributed by atoms with E-state index >= 15 is 0 Å². The maximum absolute atomic E-state index is 6.71. The van der Waals surface area contributed by atoms with E-state index in [1.54, 1.807) is 0 Å². The largest absolute Gasteiger partial charge is 0.453 e. The smallest absolute Gasteiger partial charge is 0.152 e. The van der Waals surface area contributed by atoms with Crippen molar-refractivity contribution in [3.8, 4) is 22.6 Å². The summed E-state index contributed by atoms with van der Waals surface area (Å²) in [5.74, 6) is 1.65. The molecule has 0 radical (unpaired) electrons. The van der Waals surface area contributed by atoms with E-state index in [2.05, 4.69) is 191 Å². The number of allylic oxidation sites excluding steroid dienone is 1. The maximum atomic E-state index is 6.71. The zero-order valence-corrected chi connectivity index (χ0v) is 30.9. The topological polar surface area (TPSA) is 28.4 Å². The van der Waals surface area contributed by atoms with Gasteiger partial charge < -0.3 is 9.64 Å². The summed E-state index contributed by atoms with van der Waals surface area (Å²) in [6, 6.07) is 52.3. The van der Waals surface area contributed by atoms with Crippen molar-refractivity contribution in [1.82, 2.24) is 9.88 Å². The molecule has 1 fully saturated rings. The standard InChI is InChI=1S/C52H39N3O/c1-2-10-45(11-3-1)55-48-28-22-38(16-14-36-18-24-40(25-19-36)43-32-41-8-4-6-12-46(41)53-34-43)30-50(48)56-51-31-39(23-29-49(51)55)17-15-37-20-26-44(27-21-37)52-33-42-9-5-7-13-47(42)54(52)35-52/h1-6,8-12,14-34,47H,7,13,35H2/b16-14+,17-15+. The van der Waals surface area contributed by atoms with Gasteiger partial charge in [-0.1, -0.05) is 140 Å². The highest BCUT2D eigenvalue weighted by atomic mass is 16.5. The summed E-state index contributed by atoms with van der Waals surface area (Å²) in [5.41, 5.74) is 13.9. The average Bonchev–Trinajstić information content (AvgIpc) is 3.90. The van der Waals surface area contributed by atoms with Crippen molar-refractivity contribution >= 4 is 52.3 Å². The highest BCUT2D eigenvalue weighted by molar-refractivity contribution is 5.89. The van der Waals surface area contributed by atoms with Gasteiger partial charge in [-0.25, -0.2) is 0 Å². The van der Waals surface area contributed by atoms with Gasteiger partial charge in [-0.3, -0.25) is 9.88 Å². The van der Waals surface area contributed by atoms with Crippen LogP contribution >= 0.6 is 0 Å². The number of pyridine rings is 1. The Balaban J connectivity index is 0.838. The molecule has 3 atom stereocenters. The molecule has 1 aromatic heterocycles. The second kappa shape index (κ2) is 13.2. The lowest BCUT2D eigenvalue weighted by molar-refractivity contribution is 0.392. The average molecular weight is 722 g/mol. The number of fused-ring (bicyclic) bond motifs is 6. The molecular formula is C52H39N3O. The van der Waals surface area contributed by atoms with Crippen LogP contribution in [0.1, 0.15) is 40.7 Å². The van der Waals surface area contributed by atoms with Crippen LogP contribution < -0.4 is 9.64 Å². The number of para-hydroxylation sites is 2. The van der Waals surface area contributed by atoms with Crippen molar-refractivity contribution in [2.45, 2.75) is 24.4 Å². The molecule has 3 aliphatic heterocycles. The number of rotatable bonds is 7. The monoisotopic (exact) mass is 721 g/mol. The zero-order valence-electron chi connectivity index (χ0n) is 30.9. The number of hydrogen-bond donors (Lipinski definition) is 0. The van der Waals surface area contributed by atoms with Gasteiger partial charge in [-0.05, 0) is 100 Å². The third-order valence-corrected chi connectivity index (χ3v) is 11.8. The van der Waals surface area contributed by atoms with Crippen molar-refractivity contribution in [2.75, 3.05) is 11.4 Å². The van der Waals surface area contributed by atoms with Crippen LogP contribution in [0.25, 0.3) is 46.3 Å². The molecule has 11 rings (SSSR count). The Labute approximate surface area is 327 Å². The molecule has 0 N–H and O–H groups in total. The van der Waals surface area contributed by atoms with Crippen LogP contribution in [0.4, 0.5) is 17.1 Å². The first-order valence-electron chi connectivity index (χ1n) is 19.6. The SMILES string of the molecule is C1=CC2=CC3(c4ccc(/C=C/c5ccc6c(c5)Oc5cc(/C=C/c7ccc(-c8cnc9ccccc9c8)cc7)ccc5N6c5ccccc5)cc4)CN3C2CC1. The fourth-order valence-electron chi connectivity index (χ4n) is 8.78. The molecule has 4 aliphatic rings. The summed E-state index contributed by atoms with van der Waals surface area (Å²) in [7, 11) is 0. The molecule has 4 heteroatoms. The molecule has 268 valence electrons. The van der Waals surface area contributed by atoms with E-state index < -0.39 is 0 Å². The summed E-state index contributed by atoms with van der Waals surface area (Å²) >= 11 is 0. The number of aromatic nitrogens is 1. The van der Waals surface area contributed by atoms with Gasteiger partial charge in [0, 0.05) is 35.4 Å². The van der Waals surface area contributed by atoms with Gasteiger partial charge >= 0.3 is 0 Å². The van der Waals surface area contributed by atoms with Crippen molar-refractivity contribution in [1.29, 1.82) is 0 Å². The van der Waals surface area contributed by atoms with Gasteiger partial charge in [0.05, 0.1) is 22.4 Å². The normalized spacial score (nSPS) is 20.4. The summed E-state index contributed by atoms with van der Waals surface area (Å²) in [6.07, 6.45) is 20.2. The number of anilines is 3. The van der Waals surface area contributed by atoms with E-state index in [4.69, 9.17) is 4.74 Å². The predicted octanol–water partition coefficient (Wildman–Crippen LogP) is 13.0. The molecule has 6 aromatic carbocycles. The van der Waals surface area contributed by atoms with Crippen LogP contribution in [0, 0.1) is 0 Å². The lowest BCUT2D eigenvalue weighted by Crippen LogP contribution is -2.21. The van der Waals surface area contributed by atoms with E-state index in [0.29, 0.717) is 6.04 Å². The summed E-state index contributed by atoms with van der Waals surface area (Å²) in [4.78, 5) is 9.59. The molecule has 56 heavy (non-hydrogen) atoms.